The summed E-state index contributed by atoms with van der Waals surface area (Å²) in [6.45, 7) is 3.76. The molecule has 0 aromatic carbocycles. The van der Waals surface area contributed by atoms with Crippen LogP contribution in [0.2, 0.25) is 0 Å². The van der Waals surface area contributed by atoms with Gasteiger partial charge in [0.15, 0.2) is 6.29 Å². The van der Waals surface area contributed by atoms with E-state index in [9.17, 15) is 15.3 Å². The molecule has 0 radical (unpaired) electrons. The molecular formula is C15H30O6. The van der Waals surface area contributed by atoms with Crippen LogP contribution in [0.25, 0.3) is 0 Å². The maximum absolute atomic E-state index is 9.97. The highest BCUT2D eigenvalue weighted by Gasteiger charge is 2.44. The van der Waals surface area contributed by atoms with E-state index in [0.29, 0.717) is 0 Å². The largest absolute Gasteiger partial charge is 0.394 e. The van der Waals surface area contributed by atoms with E-state index in [-0.39, 0.29) is 6.10 Å². The van der Waals surface area contributed by atoms with Crippen molar-refractivity contribution in [1.82, 2.24) is 0 Å². The Bertz CT molecular complexity index is 273. The molecule has 126 valence electrons. The second-order valence-electron chi connectivity index (χ2n) is 5.74. The number of rotatable bonds is 9. The summed E-state index contributed by atoms with van der Waals surface area (Å²) in [5, 5.41) is 38.6. The molecule has 1 heterocycles. The number of aliphatic hydroxyl groups excluding tert-OH is 4. The molecule has 1 saturated heterocycles. The van der Waals surface area contributed by atoms with Gasteiger partial charge < -0.3 is 29.9 Å². The molecule has 0 bridgehead atoms. The Kier molecular flexibility index (Phi) is 8.70. The third-order valence-electron chi connectivity index (χ3n) is 3.92. The molecule has 1 rings (SSSR count). The van der Waals surface area contributed by atoms with E-state index < -0.39 is 37.3 Å². The maximum atomic E-state index is 9.97. The van der Waals surface area contributed by atoms with Crippen molar-refractivity contribution in [3.8, 4) is 0 Å². The predicted octanol–water partition coefficient (Wildman–Crippen LogP) is 0.552. The van der Waals surface area contributed by atoms with Gasteiger partial charge in [-0.3, -0.25) is 0 Å². The van der Waals surface area contributed by atoms with Gasteiger partial charge in [-0.1, -0.05) is 39.5 Å². The van der Waals surface area contributed by atoms with Crippen molar-refractivity contribution in [2.24, 2.45) is 0 Å². The third-order valence-corrected chi connectivity index (χ3v) is 3.92. The Morgan fingerprint density at radius 1 is 0.952 bits per heavy atom. The third kappa shape index (κ3) is 5.47. The summed E-state index contributed by atoms with van der Waals surface area (Å²) in [6, 6.07) is 0. The van der Waals surface area contributed by atoms with E-state index in [2.05, 4.69) is 13.8 Å². The van der Waals surface area contributed by atoms with E-state index in [0.717, 1.165) is 38.5 Å². The molecule has 0 amide bonds. The smallest absolute Gasteiger partial charge is 0.186 e. The SMILES string of the molecule is CCCCCC(CCC)O[C@@H]1OC(CO)[C@@H](O)C(O)C1O. The summed E-state index contributed by atoms with van der Waals surface area (Å²) >= 11 is 0. The predicted molar refractivity (Wildman–Crippen MR) is 77.7 cm³/mol. The van der Waals surface area contributed by atoms with E-state index in [1.54, 1.807) is 0 Å². The van der Waals surface area contributed by atoms with Crippen LogP contribution in [0.15, 0.2) is 0 Å². The van der Waals surface area contributed by atoms with Crippen molar-refractivity contribution < 1.29 is 29.9 Å². The van der Waals surface area contributed by atoms with E-state index in [1.807, 2.05) is 0 Å². The standard InChI is InChI=1S/C15H30O6/c1-3-5-6-8-10(7-4-2)20-15-14(19)13(18)12(17)11(9-16)21-15/h10-19H,3-9H2,1-2H3/t10?,11?,12-,13?,14?,15-/m1/s1. The van der Waals surface area contributed by atoms with Gasteiger partial charge in [0, 0.05) is 0 Å². The Balaban J connectivity index is 2.58. The lowest BCUT2D eigenvalue weighted by Gasteiger charge is -2.40. The number of hydrogen-bond acceptors (Lipinski definition) is 6. The van der Waals surface area contributed by atoms with Crippen LogP contribution >= 0.6 is 0 Å². The molecule has 0 saturated carbocycles. The Labute approximate surface area is 126 Å². The van der Waals surface area contributed by atoms with Crippen molar-refractivity contribution >= 4 is 0 Å². The molecule has 1 fully saturated rings. The van der Waals surface area contributed by atoms with Crippen molar-refractivity contribution in [1.29, 1.82) is 0 Å². The molecule has 0 aromatic heterocycles. The highest BCUT2D eigenvalue weighted by Crippen LogP contribution is 2.25. The van der Waals surface area contributed by atoms with Crippen LogP contribution in [-0.2, 0) is 9.47 Å². The number of aliphatic hydroxyl groups is 4. The lowest BCUT2D eigenvalue weighted by atomic mass is 9.99. The average molecular weight is 306 g/mol. The summed E-state index contributed by atoms with van der Waals surface area (Å²) in [5.74, 6) is 0. The fourth-order valence-corrected chi connectivity index (χ4v) is 2.59. The minimum atomic E-state index is -1.38. The van der Waals surface area contributed by atoms with Gasteiger partial charge in [0.1, 0.15) is 24.4 Å². The first-order valence-electron chi connectivity index (χ1n) is 8.01. The first-order chi connectivity index (χ1) is 10.0. The van der Waals surface area contributed by atoms with Gasteiger partial charge in [0.05, 0.1) is 12.7 Å². The number of hydrogen-bond donors (Lipinski definition) is 4. The summed E-state index contributed by atoms with van der Waals surface area (Å²) < 4.78 is 11.2. The zero-order valence-corrected chi connectivity index (χ0v) is 13.0. The van der Waals surface area contributed by atoms with Crippen LogP contribution in [0, 0.1) is 0 Å². The van der Waals surface area contributed by atoms with Gasteiger partial charge in [-0.15, -0.1) is 0 Å². The van der Waals surface area contributed by atoms with Gasteiger partial charge in [-0.05, 0) is 12.8 Å². The van der Waals surface area contributed by atoms with Crippen LogP contribution in [-0.4, -0.2) is 63.8 Å². The summed E-state index contributed by atoms with van der Waals surface area (Å²) in [4.78, 5) is 0. The van der Waals surface area contributed by atoms with E-state index in [4.69, 9.17) is 14.6 Å². The van der Waals surface area contributed by atoms with Crippen molar-refractivity contribution in [3.05, 3.63) is 0 Å². The van der Waals surface area contributed by atoms with E-state index >= 15 is 0 Å². The van der Waals surface area contributed by atoms with Gasteiger partial charge in [0.2, 0.25) is 0 Å². The normalized spacial score (nSPS) is 34.9. The molecule has 0 aliphatic carbocycles. The van der Waals surface area contributed by atoms with Crippen molar-refractivity contribution in [3.63, 3.8) is 0 Å². The summed E-state index contributed by atoms with van der Waals surface area (Å²) in [5.41, 5.74) is 0. The molecule has 6 heteroatoms. The monoisotopic (exact) mass is 306 g/mol. The maximum Gasteiger partial charge on any atom is 0.186 e. The molecule has 4 unspecified atom stereocenters. The Hall–Kier alpha value is -0.240. The number of unbranched alkanes of at least 4 members (excludes halogenated alkanes) is 2. The molecular weight excluding hydrogens is 276 g/mol. The molecule has 6 atom stereocenters. The Morgan fingerprint density at radius 3 is 2.24 bits per heavy atom. The zero-order chi connectivity index (χ0) is 15.8. The fourth-order valence-electron chi connectivity index (χ4n) is 2.59. The highest BCUT2D eigenvalue weighted by atomic mass is 16.7. The lowest BCUT2D eigenvalue weighted by Crippen LogP contribution is -2.59. The van der Waals surface area contributed by atoms with E-state index in [1.165, 1.54) is 0 Å². The molecule has 6 nitrogen and oxygen atoms in total. The molecule has 4 N–H and O–H groups in total. The van der Waals surface area contributed by atoms with Gasteiger partial charge in [-0.25, -0.2) is 0 Å². The Morgan fingerprint density at radius 2 is 1.67 bits per heavy atom. The van der Waals surface area contributed by atoms with Crippen LogP contribution in [0.4, 0.5) is 0 Å². The quantitative estimate of drug-likeness (QED) is 0.464. The van der Waals surface area contributed by atoms with Crippen LogP contribution in [0.5, 0.6) is 0 Å². The van der Waals surface area contributed by atoms with Crippen LogP contribution in [0.3, 0.4) is 0 Å². The van der Waals surface area contributed by atoms with Crippen molar-refractivity contribution in [2.45, 2.75) is 89.2 Å². The van der Waals surface area contributed by atoms with Gasteiger partial charge in [0.25, 0.3) is 0 Å². The minimum Gasteiger partial charge on any atom is -0.394 e. The minimum absolute atomic E-state index is 0.0528. The van der Waals surface area contributed by atoms with Crippen LogP contribution in [0.1, 0.15) is 52.4 Å². The molecule has 1 aliphatic heterocycles. The molecule has 0 aromatic rings. The van der Waals surface area contributed by atoms with Gasteiger partial charge in [-0.2, -0.15) is 0 Å². The second kappa shape index (κ2) is 9.71. The average Bonchev–Trinajstić information content (AvgIpc) is 2.48. The fraction of sp³-hybridized carbons (Fsp3) is 1.00. The molecule has 21 heavy (non-hydrogen) atoms. The second-order valence-corrected chi connectivity index (χ2v) is 5.74. The lowest BCUT2D eigenvalue weighted by molar-refractivity contribution is -0.312. The summed E-state index contributed by atoms with van der Waals surface area (Å²) in [6.07, 6.45) is -0.0471. The van der Waals surface area contributed by atoms with Crippen LogP contribution < -0.4 is 0 Å². The van der Waals surface area contributed by atoms with Gasteiger partial charge >= 0.3 is 0 Å². The first kappa shape index (κ1) is 18.8. The molecule has 0 spiro atoms. The van der Waals surface area contributed by atoms with Crippen molar-refractivity contribution in [2.75, 3.05) is 6.61 Å². The highest BCUT2D eigenvalue weighted by molar-refractivity contribution is 4.89. The topological polar surface area (TPSA) is 99.4 Å². The number of ether oxygens (including phenoxy) is 2. The zero-order valence-electron chi connectivity index (χ0n) is 13.0. The summed E-state index contributed by atoms with van der Waals surface area (Å²) in [7, 11) is 0. The first-order valence-corrected chi connectivity index (χ1v) is 8.01. The molecule has 1 aliphatic rings.